The van der Waals surface area contributed by atoms with Crippen molar-refractivity contribution >= 4 is 11.6 Å². The van der Waals surface area contributed by atoms with E-state index in [0.717, 1.165) is 18.4 Å². The van der Waals surface area contributed by atoms with Crippen LogP contribution in [0.15, 0.2) is 23.8 Å². The van der Waals surface area contributed by atoms with E-state index in [1.165, 1.54) is 0 Å². The zero-order valence-electron chi connectivity index (χ0n) is 17.8. The third kappa shape index (κ3) is 3.13. The smallest absolute Gasteiger partial charge is 0.190 e. The molecule has 30 heavy (non-hydrogen) atoms. The topological polar surface area (TPSA) is 189 Å². The third-order valence-electron chi connectivity index (χ3n) is 8.57. The van der Waals surface area contributed by atoms with Crippen molar-refractivity contribution in [2.24, 2.45) is 34.5 Å². The monoisotopic (exact) mass is 428 g/mol. The van der Waals surface area contributed by atoms with Crippen LogP contribution in [0.5, 0.6) is 0 Å². The van der Waals surface area contributed by atoms with Crippen LogP contribution in [0.1, 0.15) is 46.5 Å². The zero-order chi connectivity index (χ0) is 19.8. The summed E-state index contributed by atoms with van der Waals surface area (Å²) in [7, 11) is 0. The molecule has 0 aromatic heterocycles. The summed E-state index contributed by atoms with van der Waals surface area (Å²) >= 11 is 0. The van der Waals surface area contributed by atoms with E-state index in [1.54, 1.807) is 12.2 Å². The molecule has 0 saturated heterocycles. The van der Waals surface area contributed by atoms with Gasteiger partial charge in [-0.3, -0.25) is 9.59 Å². The molecule has 172 valence electrons. The first-order valence-electron chi connectivity index (χ1n) is 10.1. The van der Waals surface area contributed by atoms with Gasteiger partial charge in [0.1, 0.15) is 12.2 Å². The van der Waals surface area contributed by atoms with Gasteiger partial charge in [0.25, 0.3) is 0 Å². The summed E-state index contributed by atoms with van der Waals surface area (Å²) in [5.74, 6) is -0.0768. The maximum Gasteiger partial charge on any atom is 0.190 e. The van der Waals surface area contributed by atoms with Crippen LogP contribution in [0, 0.1) is 34.5 Å². The quantitative estimate of drug-likeness (QED) is 0.524. The second kappa shape index (κ2) is 8.26. The number of carbonyl (C=O) groups is 2. The van der Waals surface area contributed by atoms with Gasteiger partial charge < -0.3 is 31.7 Å². The SMILES string of the molecule is C[C@H]1C[C@@H]2[C@H]([C@@H](O)C[C@@]3(C)[C@H]2CC[C@]3(O)C(=O)CO)[C@@]2(C)C=CC(=O)C=C12.O.O.O. The van der Waals surface area contributed by atoms with E-state index in [-0.39, 0.29) is 51.3 Å². The molecule has 4 aliphatic carbocycles. The van der Waals surface area contributed by atoms with Crippen LogP contribution in [0.25, 0.3) is 0 Å². The van der Waals surface area contributed by atoms with E-state index in [2.05, 4.69) is 13.8 Å². The molecule has 0 radical (unpaired) electrons. The highest BCUT2D eigenvalue weighted by Gasteiger charge is 2.68. The average molecular weight is 429 g/mol. The molecular weight excluding hydrogens is 392 g/mol. The van der Waals surface area contributed by atoms with E-state index in [1.807, 2.05) is 13.0 Å². The lowest BCUT2D eigenvalue weighted by molar-refractivity contribution is -0.180. The molecule has 8 atom stereocenters. The summed E-state index contributed by atoms with van der Waals surface area (Å²) in [6.45, 7) is 5.48. The van der Waals surface area contributed by atoms with Gasteiger partial charge in [0.2, 0.25) is 0 Å². The van der Waals surface area contributed by atoms with Crippen molar-refractivity contribution in [2.45, 2.75) is 58.2 Å². The number of allylic oxidation sites excluding steroid dienone is 4. The molecule has 8 heteroatoms. The molecule has 0 amide bonds. The van der Waals surface area contributed by atoms with Crippen molar-refractivity contribution in [3.8, 4) is 0 Å². The lowest BCUT2D eigenvalue weighted by Crippen LogP contribution is -2.62. The Kier molecular flexibility index (Phi) is 7.32. The molecular formula is C22H36O8. The Morgan fingerprint density at radius 2 is 1.87 bits per heavy atom. The Labute approximate surface area is 176 Å². The predicted molar refractivity (Wildman–Crippen MR) is 110 cm³/mol. The van der Waals surface area contributed by atoms with Gasteiger partial charge in [-0.2, -0.15) is 0 Å². The number of aliphatic hydroxyl groups is 3. The number of hydrogen-bond donors (Lipinski definition) is 3. The first kappa shape index (κ1) is 26.6. The summed E-state index contributed by atoms with van der Waals surface area (Å²) < 4.78 is 0. The van der Waals surface area contributed by atoms with E-state index >= 15 is 0 Å². The minimum atomic E-state index is -1.57. The summed E-state index contributed by atoms with van der Waals surface area (Å²) in [4.78, 5) is 24.4. The largest absolute Gasteiger partial charge is 0.412 e. The first-order chi connectivity index (χ1) is 12.6. The highest BCUT2D eigenvalue weighted by molar-refractivity contribution is 6.01. The number of ketones is 2. The molecule has 0 aromatic carbocycles. The summed E-state index contributed by atoms with van der Waals surface area (Å²) in [5, 5.41) is 31.9. The van der Waals surface area contributed by atoms with Crippen LogP contribution < -0.4 is 0 Å². The summed E-state index contributed by atoms with van der Waals surface area (Å²) in [6, 6.07) is 0. The van der Waals surface area contributed by atoms with Crippen molar-refractivity contribution in [3.63, 3.8) is 0 Å². The lowest BCUT2D eigenvalue weighted by Gasteiger charge is -2.60. The zero-order valence-corrected chi connectivity index (χ0v) is 17.8. The number of hydrogen-bond acceptors (Lipinski definition) is 5. The van der Waals surface area contributed by atoms with E-state index in [0.29, 0.717) is 12.8 Å². The second-order valence-electron chi connectivity index (χ2n) is 9.72. The average Bonchev–Trinajstić information content (AvgIpc) is 2.87. The summed E-state index contributed by atoms with van der Waals surface area (Å²) in [5.41, 5.74) is -1.59. The highest BCUT2D eigenvalue weighted by atomic mass is 16.3. The molecule has 3 saturated carbocycles. The van der Waals surface area contributed by atoms with Gasteiger partial charge in [-0.1, -0.05) is 32.4 Å². The molecule has 0 aromatic rings. The normalized spacial score (nSPS) is 46.1. The first-order valence-corrected chi connectivity index (χ1v) is 10.1. The third-order valence-corrected chi connectivity index (χ3v) is 8.57. The number of rotatable bonds is 2. The second-order valence-corrected chi connectivity index (χ2v) is 9.72. The van der Waals surface area contributed by atoms with Crippen LogP contribution >= 0.6 is 0 Å². The Bertz CT molecular complexity index is 760. The Morgan fingerprint density at radius 3 is 2.47 bits per heavy atom. The molecule has 4 rings (SSSR count). The lowest BCUT2D eigenvalue weighted by atomic mass is 9.45. The highest BCUT2D eigenvalue weighted by Crippen LogP contribution is 2.67. The molecule has 0 heterocycles. The number of carbonyl (C=O) groups excluding carboxylic acids is 2. The summed E-state index contributed by atoms with van der Waals surface area (Å²) in [6.07, 6.45) is 6.87. The van der Waals surface area contributed by atoms with Gasteiger partial charge in [-0.25, -0.2) is 0 Å². The van der Waals surface area contributed by atoms with Crippen molar-refractivity contribution in [2.75, 3.05) is 6.61 Å². The van der Waals surface area contributed by atoms with E-state index in [4.69, 9.17) is 0 Å². The van der Waals surface area contributed by atoms with Crippen molar-refractivity contribution in [1.82, 2.24) is 0 Å². The molecule has 0 spiro atoms. The molecule has 4 aliphatic rings. The van der Waals surface area contributed by atoms with Gasteiger partial charge >= 0.3 is 0 Å². The van der Waals surface area contributed by atoms with Gasteiger partial charge in [0.05, 0.1) is 6.10 Å². The van der Waals surface area contributed by atoms with Crippen LogP contribution in [0.2, 0.25) is 0 Å². The number of fused-ring (bicyclic) bond motifs is 5. The Balaban J connectivity index is 0.00000150. The Hall–Kier alpha value is -1.42. The molecule has 8 nitrogen and oxygen atoms in total. The van der Waals surface area contributed by atoms with Crippen molar-refractivity contribution in [1.29, 1.82) is 0 Å². The molecule has 0 bridgehead atoms. The maximum atomic E-state index is 12.4. The van der Waals surface area contributed by atoms with E-state index in [9.17, 15) is 24.9 Å². The Morgan fingerprint density at radius 1 is 1.23 bits per heavy atom. The van der Waals surface area contributed by atoms with Gasteiger partial charge in [-0.15, -0.1) is 0 Å². The number of aliphatic hydroxyl groups excluding tert-OH is 2. The molecule has 9 N–H and O–H groups in total. The van der Waals surface area contributed by atoms with Gasteiger partial charge in [-0.05, 0) is 55.6 Å². The minimum Gasteiger partial charge on any atom is -0.412 e. The van der Waals surface area contributed by atoms with E-state index < -0.39 is 29.5 Å². The standard InChI is InChI=1S/C22H30O5.3H2O/c1-12-8-14-15-5-7-22(27,18(26)11-23)21(15,3)10-17(25)19(14)20(2)6-4-13(24)9-16(12)20;;;/h4,6,9,12,14-15,17,19,23,25,27H,5,7-8,10-11H2,1-3H3;3*1H2/t12-,14-,15-,17-,19+,20-,21-,22-;;;/m0.../s1. The van der Waals surface area contributed by atoms with Crippen LogP contribution in [-0.2, 0) is 9.59 Å². The van der Waals surface area contributed by atoms with Crippen LogP contribution in [-0.4, -0.2) is 61.6 Å². The van der Waals surface area contributed by atoms with Gasteiger partial charge in [0, 0.05) is 16.7 Å². The van der Waals surface area contributed by atoms with Gasteiger partial charge in [0.15, 0.2) is 11.6 Å². The van der Waals surface area contributed by atoms with Crippen LogP contribution in [0.4, 0.5) is 0 Å². The fraction of sp³-hybridized carbons (Fsp3) is 0.727. The predicted octanol–water partition coefficient (Wildman–Crippen LogP) is -0.670. The molecule has 0 unspecified atom stereocenters. The van der Waals surface area contributed by atoms with Crippen molar-refractivity contribution < 1.29 is 41.3 Å². The number of Topliss-reactive ketones (excluding diaryl/α,β-unsaturated/α-hetero) is 1. The maximum absolute atomic E-state index is 12.4. The fourth-order valence-electron chi connectivity index (χ4n) is 7.34. The fourth-order valence-corrected chi connectivity index (χ4v) is 7.34. The van der Waals surface area contributed by atoms with Crippen LogP contribution in [0.3, 0.4) is 0 Å². The van der Waals surface area contributed by atoms with Crippen molar-refractivity contribution in [3.05, 3.63) is 23.8 Å². The molecule has 0 aliphatic heterocycles. The molecule has 3 fully saturated rings. The minimum absolute atomic E-state index is 0.